The minimum Gasteiger partial charge on any atom is -0.311 e. The molecule has 0 aromatic heterocycles. The van der Waals surface area contributed by atoms with Crippen molar-refractivity contribution in [2.75, 3.05) is 20.1 Å². The maximum absolute atomic E-state index is 12.6. The van der Waals surface area contributed by atoms with Crippen molar-refractivity contribution in [2.24, 2.45) is 5.92 Å². The van der Waals surface area contributed by atoms with E-state index in [1.807, 2.05) is 6.07 Å². The molecule has 0 spiro atoms. The summed E-state index contributed by atoms with van der Waals surface area (Å²) in [5, 5.41) is 3.86. The van der Waals surface area contributed by atoms with Crippen molar-refractivity contribution in [3.8, 4) is 0 Å². The lowest BCUT2D eigenvalue weighted by atomic mass is 9.95. The minimum atomic E-state index is 0.356. The van der Waals surface area contributed by atoms with Gasteiger partial charge in [-0.3, -0.25) is 4.79 Å². The highest BCUT2D eigenvalue weighted by Gasteiger charge is 2.39. The summed E-state index contributed by atoms with van der Waals surface area (Å²) in [7, 11) is 2.21. The lowest BCUT2D eigenvalue weighted by Gasteiger charge is -2.29. The normalized spacial score (nSPS) is 28.4. The second-order valence-electron chi connectivity index (χ2n) is 8.60. The first kappa shape index (κ1) is 17.2. The Hall–Kier alpha value is -1.19. The van der Waals surface area contributed by atoms with Gasteiger partial charge in [0.25, 0.3) is 0 Å². The summed E-state index contributed by atoms with van der Waals surface area (Å²) in [6.07, 6.45) is 9.62. The van der Waals surface area contributed by atoms with Crippen LogP contribution in [0, 0.1) is 5.92 Å². The smallest absolute Gasteiger partial charge is 0.163 e. The number of carbonyl (C=O) groups is 1. The molecule has 0 amide bonds. The minimum absolute atomic E-state index is 0.356. The summed E-state index contributed by atoms with van der Waals surface area (Å²) >= 11 is 0. The zero-order chi connectivity index (χ0) is 17.2. The van der Waals surface area contributed by atoms with Gasteiger partial charge < -0.3 is 10.2 Å². The lowest BCUT2D eigenvalue weighted by molar-refractivity contribution is 0.0962. The summed E-state index contributed by atoms with van der Waals surface area (Å²) in [6, 6.07) is 9.79. The number of Topliss-reactive ketones (excluding diaryl/α,β-unsaturated/α-hetero) is 1. The highest BCUT2D eigenvalue weighted by molar-refractivity contribution is 5.96. The van der Waals surface area contributed by atoms with Gasteiger partial charge in [0.15, 0.2) is 5.78 Å². The van der Waals surface area contributed by atoms with E-state index in [4.69, 9.17) is 0 Å². The topological polar surface area (TPSA) is 32.3 Å². The highest BCUT2D eigenvalue weighted by Crippen LogP contribution is 2.42. The maximum Gasteiger partial charge on any atom is 0.163 e. The van der Waals surface area contributed by atoms with Crippen LogP contribution in [0.3, 0.4) is 0 Å². The van der Waals surface area contributed by atoms with Crippen molar-refractivity contribution in [1.29, 1.82) is 0 Å². The number of nitrogens with one attached hydrogen (secondary N) is 1. The van der Waals surface area contributed by atoms with Gasteiger partial charge in [-0.2, -0.15) is 0 Å². The third kappa shape index (κ3) is 4.32. The van der Waals surface area contributed by atoms with Crippen LogP contribution in [-0.2, 0) is 0 Å². The van der Waals surface area contributed by atoms with Crippen molar-refractivity contribution < 1.29 is 4.79 Å². The fourth-order valence-corrected chi connectivity index (χ4v) is 4.76. The van der Waals surface area contributed by atoms with Gasteiger partial charge in [0.1, 0.15) is 0 Å². The SMILES string of the molecule is CN1CCC(NC2CC2c2cccc(C(=O)CC3CCCC3)c2)CC1. The summed E-state index contributed by atoms with van der Waals surface area (Å²) in [5.41, 5.74) is 2.30. The Kier molecular flexibility index (Phi) is 5.23. The van der Waals surface area contributed by atoms with Gasteiger partial charge >= 0.3 is 0 Å². The van der Waals surface area contributed by atoms with Crippen LogP contribution in [0.25, 0.3) is 0 Å². The zero-order valence-electron chi connectivity index (χ0n) is 15.5. The van der Waals surface area contributed by atoms with E-state index in [0.29, 0.717) is 29.7 Å². The van der Waals surface area contributed by atoms with Gasteiger partial charge in [0.05, 0.1) is 0 Å². The molecule has 1 aromatic carbocycles. The number of ketones is 1. The van der Waals surface area contributed by atoms with Gasteiger partial charge in [0, 0.05) is 30.0 Å². The number of rotatable bonds is 6. The fraction of sp³-hybridized carbons (Fsp3) is 0.682. The molecule has 1 aliphatic heterocycles. The molecular formula is C22H32N2O. The van der Waals surface area contributed by atoms with Crippen molar-refractivity contribution >= 4 is 5.78 Å². The predicted molar refractivity (Wildman–Crippen MR) is 102 cm³/mol. The number of benzene rings is 1. The van der Waals surface area contributed by atoms with Crippen molar-refractivity contribution in [1.82, 2.24) is 10.2 Å². The van der Waals surface area contributed by atoms with Crippen molar-refractivity contribution in [3.63, 3.8) is 0 Å². The maximum atomic E-state index is 12.6. The summed E-state index contributed by atoms with van der Waals surface area (Å²) in [5.74, 6) is 1.60. The molecule has 0 bridgehead atoms. The third-order valence-corrected chi connectivity index (χ3v) is 6.54. The molecule has 3 heteroatoms. The average Bonchev–Trinajstić information content (AvgIpc) is 3.20. The zero-order valence-corrected chi connectivity index (χ0v) is 15.5. The van der Waals surface area contributed by atoms with Crippen LogP contribution in [0.2, 0.25) is 0 Å². The van der Waals surface area contributed by atoms with Gasteiger partial charge in [-0.25, -0.2) is 0 Å². The highest BCUT2D eigenvalue weighted by atomic mass is 16.1. The Morgan fingerprint density at radius 1 is 1.16 bits per heavy atom. The van der Waals surface area contributed by atoms with Crippen LogP contribution in [0.1, 0.15) is 73.2 Å². The van der Waals surface area contributed by atoms with E-state index in [1.165, 1.54) is 63.6 Å². The molecule has 2 saturated carbocycles. The molecule has 25 heavy (non-hydrogen) atoms. The van der Waals surface area contributed by atoms with Crippen molar-refractivity contribution in [2.45, 2.75) is 69.4 Å². The Morgan fingerprint density at radius 3 is 2.68 bits per heavy atom. The molecule has 1 saturated heterocycles. The van der Waals surface area contributed by atoms with Crippen LogP contribution in [0.4, 0.5) is 0 Å². The molecule has 4 rings (SSSR count). The summed E-state index contributed by atoms with van der Waals surface area (Å²) in [4.78, 5) is 15.0. The molecule has 1 N–H and O–H groups in total. The van der Waals surface area contributed by atoms with Gasteiger partial charge in [-0.1, -0.05) is 43.9 Å². The number of nitrogens with zero attached hydrogens (tertiary/aromatic N) is 1. The second-order valence-corrected chi connectivity index (χ2v) is 8.60. The quantitative estimate of drug-likeness (QED) is 0.795. The standard InChI is InChI=1S/C22H32N2O/c1-24-11-9-19(10-12-24)23-21-15-20(21)17-7-4-8-18(14-17)22(25)13-16-5-2-3-6-16/h4,7-8,14,16,19-21,23H,2-3,5-6,9-13,15H2,1H3. The molecule has 136 valence electrons. The molecule has 3 nitrogen and oxygen atoms in total. The number of likely N-dealkylation sites (tertiary alicyclic amines) is 1. The van der Waals surface area contributed by atoms with E-state index >= 15 is 0 Å². The Bertz CT molecular complexity index is 600. The summed E-state index contributed by atoms with van der Waals surface area (Å²) < 4.78 is 0. The fourth-order valence-electron chi connectivity index (χ4n) is 4.76. The van der Waals surface area contributed by atoms with E-state index in [-0.39, 0.29) is 0 Å². The average molecular weight is 341 g/mol. The van der Waals surface area contributed by atoms with E-state index in [0.717, 1.165) is 12.0 Å². The van der Waals surface area contributed by atoms with E-state index in [2.05, 4.69) is 35.5 Å². The van der Waals surface area contributed by atoms with Crippen LogP contribution in [0.5, 0.6) is 0 Å². The first-order valence-electron chi connectivity index (χ1n) is 10.3. The van der Waals surface area contributed by atoms with Crippen LogP contribution >= 0.6 is 0 Å². The molecule has 1 aromatic rings. The van der Waals surface area contributed by atoms with Gasteiger partial charge in [-0.05, 0) is 56.9 Å². The third-order valence-electron chi connectivity index (χ3n) is 6.54. The van der Waals surface area contributed by atoms with Crippen molar-refractivity contribution in [3.05, 3.63) is 35.4 Å². The number of hydrogen-bond acceptors (Lipinski definition) is 3. The second kappa shape index (κ2) is 7.59. The molecule has 2 unspecified atom stereocenters. The van der Waals surface area contributed by atoms with E-state index in [1.54, 1.807) is 0 Å². The van der Waals surface area contributed by atoms with Crippen LogP contribution < -0.4 is 5.32 Å². The monoisotopic (exact) mass is 340 g/mol. The van der Waals surface area contributed by atoms with Gasteiger partial charge in [0.2, 0.25) is 0 Å². The Balaban J connectivity index is 1.32. The Labute approximate surface area is 152 Å². The predicted octanol–water partition coefficient (Wildman–Crippen LogP) is 3.99. The number of carbonyl (C=O) groups excluding carboxylic acids is 1. The number of hydrogen-bond donors (Lipinski definition) is 1. The van der Waals surface area contributed by atoms with E-state index in [9.17, 15) is 4.79 Å². The molecule has 3 aliphatic rings. The van der Waals surface area contributed by atoms with Crippen LogP contribution in [0.15, 0.2) is 24.3 Å². The van der Waals surface area contributed by atoms with Gasteiger partial charge in [-0.15, -0.1) is 0 Å². The van der Waals surface area contributed by atoms with Crippen LogP contribution in [-0.4, -0.2) is 42.9 Å². The molecule has 2 atom stereocenters. The first-order chi connectivity index (χ1) is 12.2. The lowest BCUT2D eigenvalue weighted by Crippen LogP contribution is -2.42. The number of piperidine rings is 1. The first-order valence-corrected chi connectivity index (χ1v) is 10.3. The largest absolute Gasteiger partial charge is 0.311 e. The van der Waals surface area contributed by atoms with E-state index < -0.39 is 0 Å². The summed E-state index contributed by atoms with van der Waals surface area (Å²) in [6.45, 7) is 2.42. The molecular weight excluding hydrogens is 308 g/mol. The molecule has 0 radical (unpaired) electrons. The molecule has 2 aliphatic carbocycles. The molecule has 3 fully saturated rings. The Morgan fingerprint density at radius 2 is 1.92 bits per heavy atom. The molecule has 1 heterocycles.